The van der Waals surface area contributed by atoms with Crippen LogP contribution in [0.1, 0.15) is 24.5 Å². The Morgan fingerprint density at radius 2 is 1.61 bits per heavy atom. The lowest BCUT2D eigenvalue weighted by Crippen LogP contribution is -2.24. The lowest BCUT2D eigenvalue weighted by atomic mass is 10.1. The molecule has 0 aliphatic carbocycles. The van der Waals surface area contributed by atoms with Gasteiger partial charge in [-0.05, 0) is 49.6 Å². The maximum Gasteiger partial charge on any atom is 0.573 e. The number of hydrogen-bond acceptors (Lipinski definition) is 2. The fourth-order valence-corrected chi connectivity index (χ4v) is 2.32. The van der Waals surface area contributed by atoms with Crippen LogP contribution >= 0.6 is 0 Å². The predicted octanol–water partition coefficient (Wildman–Crippen LogP) is 6.50. The van der Waals surface area contributed by atoms with E-state index in [0.717, 1.165) is 12.1 Å². The van der Waals surface area contributed by atoms with Gasteiger partial charge < -0.3 is 9.47 Å². The first-order chi connectivity index (χ1) is 13.0. The molecule has 9 heteroatoms. The fraction of sp³-hybridized carbons (Fsp3) is 0.263. The third kappa shape index (κ3) is 5.90. The van der Waals surface area contributed by atoms with Crippen molar-refractivity contribution >= 4 is 0 Å². The highest BCUT2D eigenvalue weighted by molar-refractivity contribution is 5.34. The Balaban J connectivity index is 2.17. The molecule has 0 saturated heterocycles. The molecule has 0 aromatic heterocycles. The molecule has 2 nitrogen and oxygen atoms in total. The van der Waals surface area contributed by atoms with E-state index >= 15 is 0 Å². The quantitative estimate of drug-likeness (QED) is 0.385. The van der Waals surface area contributed by atoms with Crippen molar-refractivity contribution in [1.29, 1.82) is 0 Å². The van der Waals surface area contributed by atoms with Gasteiger partial charge in [-0.2, -0.15) is 8.78 Å². The molecular weight excluding hydrogens is 393 g/mol. The van der Waals surface area contributed by atoms with Crippen LogP contribution in [-0.2, 0) is 12.5 Å². The maximum atomic E-state index is 14.2. The second kappa shape index (κ2) is 8.53. The Morgan fingerprint density at radius 3 is 2.18 bits per heavy atom. The molecule has 0 fully saturated rings. The number of allylic oxidation sites excluding steroid dienone is 2. The van der Waals surface area contributed by atoms with Crippen LogP contribution in [0.3, 0.4) is 0 Å². The van der Waals surface area contributed by atoms with Crippen molar-refractivity contribution in [2.24, 2.45) is 0 Å². The second-order valence-corrected chi connectivity index (χ2v) is 5.68. The molecule has 0 aliphatic heterocycles. The zero-order chi connectivity index (χ0) is 20.9. The van der Waals surface area contributed by atoms with Gasteiger partial charge in [-0.3, -0.25) is 0 Å². The van der Waals surface area contributed by atoms with Crippen molar-refractivity contribution in [3.8, 4) is 11.5 Å². The van der Waals surface area contributed by atoms with E-state index < -0.39 is 41.2 Å². The van der Waals surface area contributed by atoms with Crippen molar-refractivity contribution in [1.82, 2.24) is 0 Å². The summed E-state index contributed by atoms with van der Waals surface area (Å²) in [5, 5.41) is 0. The summed E-state index contributed by atoms with van der Waals surface area (Å²) in [6.45, 7) is 1.81. The summed E-state index contributed by atoms with van der Waals surface area (Å²) < 4.78 is 100. The third-order valence-corrected chi connectivity index (χ3v) is 3.56. The van der Waals surface area contributed by atoms with Gasteiger partial charge in [0.05, 0.1) is 5.56 Å². The molecule has 0 spiro atoms. The molecule has 152 valence electrons. The van der Waals surface area contributed by atoms with Gasteiger partial charge in [-0.15, -0.1) is 13.2 Å². The van der Waals surface area contributed by atoms with E-state index in [2.05, 4.69) is 9.47 Å². The minimum absolute atomic E-state index is 0.290. The molecule has 28 heavy (non-hydrogen) atoms. The number of alkyl halides is 5. The lowest BCUT2D eigenvalue weighted by Gasteiger charge is -2.19. The minimum atomic E-state index is -5.15. The van der Waals surface area contributed by atoms with Crippen LogP contribution in [0.15, 0.2) is 48.6 Å². The SMILES string of the molecule is C/C=C/CCc1ccc(C(F)(F)Oc2ccc(OC(F)(F)F)c(F)c2)c(F)c1. The summed E-state index contributed by atoms with van der Waals surface area (Å²) in [6, 6.07) is 4.52. The Labute approximate surface area is 156 Å². The third-order valence-electron chi connectivity index (χ3n) is 3.56. The first kappa shape index (κ1) is 21.6. The zero-order valence-electron chi connectivity index (χ0n) is 14.5. The molecule has 0 heterocycles. The Hall–Kier alpha value is -2.71. The molecule has 2 aromatic rings. The van der Waals surface area contributed by atoms with Gasteiger partial charge in [0.15, 0.2) is 11.6 Å². The van der Waals surface area contributed by atoms with Crippen molar-refractivity contribution in [3.05, 3.63) is 71.3 Å². The monoisotopic (exact) mass is 408 g/mol. The molecule has 0 saturated carbocycles. The molecule has 0 bridgehead atoms. The number of aryl methyl sites for hydroxylation is 1. The summed E-state index contributed by atoms with van der Waals surface area (Å²) >= 11 is 0. The molecule has 0 N–H and O–H groups in total. The number of halogens is 7. The van der Waals surface area contributed by atoms with E-state index in [0.29, 0.717) is 36.6 Å². The number of hydrogen-bond donors (Lipinski definition) is 0. The minimum Gasteiger partial charge on any atom is -0.429 e. The first-order valence-electron chi connectivity index (χ1n) is 8.04. The summed E-state index contributed by atoms with van der Waals surface area (Å²) in [7, 11) is 0. The Bertz CT molecular complexity index is 845. The largest absolute Gasteiger partial charge is 0.573 e. The highest BCUT2D eigenvalue weighted by Crippen LogP contribution is 2.35. The van der Waals surface area contributed by atoms with Gasteiger partial charge in [-0.25, -0.2) is 8.78 Å². The smallest absolute Gasteiger partial charge is 0.429 e. The highest BCUT2D eigenvalue weighted by Gasteiger charge is 2.38. The molecular formula is C19H15F7O2. The Morgan fingerprint density at radius 1 is 0.893 bits per heavy atom. The van der Waals surface area contributed by atoms with E-state index in [9.17, 15) is 30.7 Å². The molecule has 2 rings (SSSR count). The standard InChI is InChI=1S/C19H15F7O2/c1-2-3-4-5-12-6-8-14(15(20)10-12)18(22,23)27-13-7-9-17(16(21)11-13)28-19(24,25)26/h2-3,6-11H,4-5H2,1H3/b3-2+. The van der Waals surface area contributed by atoms with E-state index in [1.807, 2.05) is 13.0 Å². The number of rotatable bonds is 7. The molecule has 2 aromatic carbocycles. The first-order valence-corrected chi connectivity index (χ1v) is 8.04. The van der Waals surface area contributed by atoms with Crippen LogP contribution in [-0.4, -0.2) is 6.36 Å². The van der Waals surface area contributed by atoms with Crippen molar-refractivity contribution < 1.29 is 40.2 Å². The van der Waals surface area contributed by atoms with Crippen molar-refractivity contribution in [3.63, 3.8) is 0 Å². The maximum absolute atomic E-state index is 14.2. The summed E-state index contributed by atoms with van der Waals surface area (Å²) in [4.78, 5) is 0. The van der Waals surface area contributed by atoms with Gasteiger partial charge in [0.25, 0.3) is 0 Å². The van der Waals surface area contributed by atoms with Gasteiger partial charge in [0.2, 0.25) is 0 Å². The second-order valence-electron chi connectivity index (χ2n) is 5.68. The van der Waals surface area contributed by atoms with Gasteiger partial charge >= 0.3 is 12.5 Å². The average molecular weight is 408 g/mol. The normalized spacial score (nSPS) is 12.4. The zero-order valence-corrected chi connectivity index (χ0v) is 14.5. The molecule has 0 radical (unpaired) electrons. The molecule has 0 aliphatic rings. The van der Waals surface area contributed by atoms with Crippen LogP contribution < -0.4 is 9.47 Å². The van der Waals surface area contributed by atoms with Crippen LogP contribution in [0.5, 0.6) is 11.5 Å². The molecule has 0 amide bonds. The van der Waals surface area contributed by atoms with Crippen molar-refractivity contribution in [2.75, 3.05) is 0 Å². The molecule has 0 unspecified atom stereocenters. The fourth-order valence-electron chi connectivity index (χ4n) is 2.32. The van der Waals surface area contributed by atoms with Gasteiger partial charge in [0, 0.05) is 6.07 Å². The van der Waals surface area contributed by atoms with Crippen LogP contribution in [0.25, 0.3) is 0 Å². The van der Waals surface area contributed by atoms with E-state index in [1.54, 1.807) is 6.08 Å². The van der Waals surface area contributed by atoms with E-state index in [1.165, 1.54) is 6.07 Å². The summed E-state index contributed by atoms with van der Waals surface area (Å²) in [5.74, 6) is -4.79. The number of benzene rings is 2. The van der Waals surface area contributed by atoms with Crippen molar-refractivity contribution in [2.45, 2.75) is 32.2 Å². The molecule has 0 atom stereocenters. The Kier molecular flexibility index (Phi) is 6.58. The highest BCUT2D eigenvalue weighted by atomic mass is 19.4. The summed E-state index contributed by atoms with van der Waals surface area (Å²) in [5.41, 5.74) is -0.590. The van der Waals surface area contributed by atoms with Crippen LogP contribution in [0.4, 0.5) is 30.7 Å². The predicted molar refractivity (Wildman–Crippen MR) is 87.1 cm³/mol. The van der Waals surface area contributed by atoms with Crippen LogP contribution in [0, 0.1) is 11.6 Å². The van der Waals surface area contributed by atoms with Gasteiger partial charge in [-0.1, -0.05) is 18.2 Å². The van der Waals surface area contributed by atoms with E-state index in [-0.39, 0.29) is 0 Å². The lowest BCUT2D eigenvalue weighted by molar-refractivity contribution is -0.275. The van der Waals surface area contributed by atoms with Crippen LogP contribution in [0.2, 0.25) is 0 Å². The number of ether oxygens (including phenoxy) is 2. The summed E-state index contributed by atoms with van der Waals surface area (Å²) in [6.07, 6.45) is -4.63. The average Bonchev–Trinajstić information content (AvgIpc) is 2.56. The van der Waals surface area contributed by atoms with Gasteiger partial charge in [0.1, 0.15) is 11.6 Å². The van der Waals surface area contributed by atoms with E-state index in [4.69, 9.17) is 0 Å². The topological polar surface area (TPSA) is 18.5 Å².